The van der Waals surface area contributed by atoms with Crippen molar-refractivity contribution in [3.8, 4) is 0 Å². The topological polar surface area (TPSA) is 156 Å². The molecule has 0 aromatic heterocycles. The van der Waals surface area contributed by atoms with E-state index in [0.717, 1.165) is 6.54 Å². The molecule has 1 unspecified atom stereocenters. The fourth-order valence-corrected chi connectivity index (χ4v) is 3.54. The molecule has 1 atom stereocenters. The quantitative estimate of drug-likeness (QED) is 0.141. The molecule has 0 saturated carbocycles. The second kappa shape index (κ2) is 13.0. The van der Waals surface area contributed by atoms with Gasteiger partial charge in [-0.3, -0.25) is 13.9 Å². The maximum absolute atomic E-state index is 11.8. The molecule has 0 aromatic carbocycles. The van der Waals surface area contributed by atoms with Crippen LogP contribution in [-0.2, 0) is 34.0 Å². The Morgan fingerprint density at radius 1 is 0.839 bits per heavy atom. The minimum atomic E-state index is -4.48. The van der Waals surface area contributed by atoms with Gasteiger partial charge in [-0.25, -0.2) is 8.37 Å². The third-order valence-electron chi connectivity index (χ3n) is 4.93. The Hall–Kier alpha value is -0.870. The van der Waals surface area contributed by atoms with Gasteiger partial charge in [0.1, 0.15) is 13.1 Å². The van der Waals surface area contributed by atoms with Crippen molar-refractivity contribution in [1.29, 1.82) is 0 Å². The van der Waals surface area contributed by atoms with Gasteiger partial charge in [-0.1, -0.05) is 13.8 Å². The molecule has 14 heteroatoms. The summed E-state index contributed by atoms with van der Waals surface area (Å²) in [5, 5.41) is 2.88. The SMILES string of the molecule is CC(C)C(=O)NCC[N+](C)(CCCOS(=O)(=O)O)CC[N+](C)(C)CCCOS(=O)(=O)O. The second-order valence-electron chi connectivity index (χ2n) is 8.83. The Morgan fingerprint density at radius 2 is 1.32 bits per heavy atom. The molecule has 0 aliphatic rings. The summed E-state index contributed by atoms with van der Waals surface area (Å²) >= 11 is 0. The predicted octanol–water partition coefficient (Wildman–Crippen LogP) is -0.299. The van der Waals surface area contributed by atoms with Crippen molar-refractivity contribution in [1.82, 2.24) is 5.32 Å². The standard InChI is InChI=1S/C17H37N3O9S2/c1-16(2)17(21)18-8-11-20(5,10-7-15-29-31(25,26)27)13-12-19(3,4)9-6-14-28-30(22,23)24/h16H,6-15H2,1-5H3,(H-2,18,21,22,23,24,25,26,27)/p+2. The molecule has 0 radical (unpaired) electrons. The van der Waals surface area contributed by atoms with Crippen molar-refractivity contribution >= 4 is 26.7 Å². The van der Waals surface area contributed by atoms with Crippen molar-refractivity contribution in [3.05, 3.63) is 0 Å². The van der Waals surface area contributed by atoms with Crippen LogP contribution in [0.5, 0.6) is 0 Å². The van der Waals surface area contributed by atoms with Crippen molar-refractivity contribution < 1.29 is 48.1 Å². The van der Waals surface area contributed by atoms with Crippen molar-refractivity contribution in [2.45, 2.75) is 26.7 Å². The summed E-state index contributed by atoms with van der Waals surface area (Å²) in [6.07, 6.45) is 0.827. The Bertz CT molecular complexity index is 755. The highest BCUT2D eigenvalue weighted by atomic mass is 32.3. The van der Waals surface area contributed by atoms with Gasteiger partial charge >= 0.3 is 20.8 Å². The smallest absolute Gasteiger partial charge is 0.350 e. The first-order valence-corrected chi connectivity index (χ1v) is 12.8. The lowest BCUT2D eigenvalue weighted by atomic mass is 10.2. The summed E-state index contributed by atoms with van der Waals surface area (Å²) in [6, 6.07) is 0. The molecule has 1 amide bonds. The van der Waals surface area contributed by atoms with Crippen LogP contribution >= 0.6 is 0 Å². The molecular formula is C17H39N3O9S2+2. The van der Waals surface area contributed by atoms with E-state index in [1.54, 1.807) is 0 Å². The summed E-state index contributed by atoms with van der Waals surface area (Å²) in [5.74, 6) is -0.168. The van der Waals surface area contributed by atoms with Crippen molar-refractivity contribution in [2.75, 3.05) is 73.6 Å². The number of likely N-dealkylation sites (N-methyl/N-ethyl adjacent to an activating group) is 2. The Morgan fingerprint density at radius 3 is 1.77 bits per heavy atom. The zero-order chi connectivity index (χ0) is 24.3. The molecule has 0 bridgehead atoms. The third-order valence-corrected chi connectivity index (χ3v) is 5.86. The van der Waals surface area contributed by atoms with Crippen LogP contribution in [0.25, 0.3) is 0 Å². The van der Waals surface area contributed by atoms with E-state index in [-0.39, 0.29) is 25.0 Å². The molecule has 3 N–H and O–H groups in total. The van der Waals surface area contributed by atoms with E-state index < -0.39 is 20.8 Å². The first-order chi connectivity index (χ1) is 13.9. The molecule has 0 aliphatic carbocycles. The zero-order valence-electron chi connectivity index (χ0n) is 19.1. The summed E-state index contributed by atoms with van der Waals surface area (Å²) in [5.41, 5.74) is 0. The molecule has 0 fully saturated rings. The highest BCUT2D eigenvalue weighted by Gasteiger charge is 2.27. The number of nitrogens with one attached hydrogen (secondary N) is 1. The molecule has 0 saturated heterocycles. The molecule has 12 nitrogen and oxygen atoms in total. The lowest BCUT2D eigenvalue weighted by molar-refractivity contribution is -0.955. The molecule has 0 rings (SSSR count). The highest BCUT2D eigenvalue weighted by Crippen LogP contribution is 2.09. The average molecular weight is 494 g/mol. The van der Waals surface area contributed by atoms with Gasteiger partial charge in [0.25, 0.3) is 0 Å². The van der Waals surface area contributed by atoms with Crippen LogP contribution in [0.2, 0.25) is 0 Å². The lowest BCUT2D eigenvalue weighted by Gasteiger charge is -2.38. The predicted molar refractivity (Wildman–Crippen MR) is 115 cm³/mol. The van der Waals surface area contributed by atoms with E-state index >= 15 is 0 Å². The van der Waals surface area contributed by atoms with Crippen LogP contribution in [0.4, 0.5) is 0 Å². The van der Waals surface area contributed by atoms with Gasteiger partial charge in [-0.05, 0) is 0 Å². The molecule has 0 spiro atoms. The summed E-state index contributed by atoms with van der Waals surface area (Å²) in [6.45, 7) is 7.05. The first-order valence-electron chi connectivity index (χ1n) is 10.1. The number of carbonyl (C=O) groups is 1. The fraction of sp³-hybridized carbons (Fsp3) is 0.941. The summed E-state index contributed by atoms with van der Waals surface area (Å²) in [7, 11) is -2.95. The maximum Gasteiger partial charge on any atom is 0.397 e. The van der Waals surface area contributed by atoms with E-state index in [0.29, 0.717) is 54.5 Å². The van der Waals surface area contributed by atoms with Gasteiger partial charge in [0.15, 0.2) is 0 Å². The Kier molecular flexibility index (Phi) is 12.6. The Balaban J connectivity index is 4.79. The normalized spacial score (nSPS) is 15.1. The van der Waals surface area contributed by atoms with E-state index in [4.69, 9.17) is 9.11 Å². The minimum Gasteiger partial charge on any atom is -0.350 e. The minimum absolute atomic E-state index is 0.0452. The molecule has 0 heterocycles. The second-order valence-corrected chi connectivity index (χ2v) is 11.0. The van der Waals surface area contributed by atoms with Crippen molar-refractivity contribution in [3.63, 3.8) is 0 Å². The number of hydrogen-bond acceptors (Lipinski definition) is 7. The van der Waals surface area contributed by atoms with E-state index in [9.17, 15) is 21.6 Å². The van der Waals surface area contributed by atoms with Crippen LogP contribution in [0.1, 0.15) is 26.7 Å². The zero-order valence-corrected chi connectivity index (χ0v) is 20.7. The lowest BCUT2D eigenvalue weighted by Crippen LogP contribution is -2.56. The van der Waals surface area contributed by atoms with Gasteiger partial charge in [0, 0.05) is 18.8 Å². The molecule has 0 aliphatic heterocycles. The van der Waals surface area contributed by atoms with Gasteiger partial charge in [0.05, 0.1) is 60.5 Å². The number of quaternary nitrogens is 2. The van der Waals surface area contributed by atoms with Gasteiger partial charge in [-0.15, -0.1) is 0 Å². The number of amides is 1. The number of nitrogens with zero attached hydrogens (tertiary/aromatic N) is 2. The molecule has 31 heavy (non-hydrogen) atoms. The van der Waals surface area contributed by atoms with E-state index in [2.05, 4.69) is 13.7 Å². The number of hydrogen-bond donors (Lipinski definition) is 3. The number of rotatable bonds is 17. The fourth-order valence-electron chi connectivity index (χ4n) is 2.88. The maximum atomic E-state index is 11.8. The summed E-state index contributed by atoms with van der Waals surface area (Å²) < 4.78 is 69.9. The van der Waals surface area contributed by atoms with Crippen LogP contribution in [-0.4, -0.2) is 114 Å². The Labute approximate surface area is 186 Å². The molecule has 0 aromatic rings. The van der Waals surface area contributed by atoms with Gasteiger partial charge in [0.2, 0.25) is 5.91 Å². The van der Waals surface area contributed by atoms with Crippen LogP contribution in [0.3, 0.4) is 0 Å². The van der Waals surface area contributed by atoms with E-state index in [1.807, 2.05) is 35.0 Å². The van der Waals surface area contributed by atoms with E-state index in [1.165, 1.54) is 0 Å². The highest BCUT2D eigenvalue weighted by molar-refractivity contribution is 7.81. The number of carbonyl (C=O) groups excluding carboxylic acids is 1. The van der Waals surface area contributed by atoms with Crippen LogP contribution in [0, 0.1) is 5.92 Å². The monoisotopic (exact) mass is 493 g/mol. The first kappa shape index (κ1) is 30.1. The summed E-state index contributed by atoms with van der Waals surface area (Å²) in [4.78, 5) is 11.8. The third kappa shape index (κ3) is 17.4. The van der Waals surface area contributed by atoms with Gasteiger partial charge in [-0.2, -0.15) is 16.8 Å². The average Bonchev–Trinajstić information content (AvgIpc) is 2.59. The van der Waals surface area contributed by atoms with Crippen molar-refractivity contribution in [2.24, 2.45) is 5.92 Å². The van der Waals surface area contributed by atoms with Crippen LogP contribution in [0.15, 0.2) is 0 Å². The van der Waals surface area contributed by atoms with Crippen LogP contribution < -0.4 is 5.32 Å². The molecular weight excluding hydrogens is 454 g/mol. The van der Waals surface area contributed by atoms with Gasteiger partial charge < -0.3 is 14.3 Å². The largest absolute Gasteiger partial charge is 0.397 e. The molecule has 186 valence electrons.